The highest BCUT2D eigenvalue weighted by Gasteiger charge is 2.30. The SMILES string of the molecule is CCN1C(=O)C(=Cc2cc(Br)ccc2OCc2ccccc2C)SC1=S. The third-order valence-corrected chi connectivity index (χ3v) is 5.96. The van der Waals surface area contributed by atoms with E-state index in [1.165, 1.54) is 17.3 Å². The van der Waals surface area contributed by atoms with E-state index in [0.29, 0.717) is 22.4 Å². The molecule has 2 aromatic carbocycles. The quantitative estimate of drug-likeness (QED) is 0.443. The molecule has 1 fully saturated rings. The molecule has 1 heterocycles. The normalized spacial score (nSPS) is 15.8. The number of aryl methyl sites for hydroxylation is 1. The molecular formula is C20H18BrNO2S2. The van der Waals surface area contributed by atoms with Crippen LogP contribution in [-0.4, -0.2) is 21.7 Å². The second-order valence-corrected chi connectivity index (χ2v) is 8.41. The van der Waals surface area contributed by atoms with Crippen molar-refractivity contribution in [2.45, 2.75) is 20.5 Å². The summed E-state index contributed by atoms with van der Waals surface area (Å²) in [4.78, 5) is 14.7. The second-order valence-electron chi connectivity index (χ2n) is 5.82. The van der Waals surface area contributed by atoms with Gasteiger partial charge in [-0.25, -0.2) is 0 Å². The molecule has 1 aliphatic rings. The van der Waals surface area contributed by atoms with E-state index < -0.39 is 0 Å². The molecule has 0 N–H and O–H groups in total. The zero-order valence-corrected chi connectivity index (χ0v) is 17.7. The number of carbonyl (C=O) groups is 1. The number of likely N-dealkylation sites (N-methyl/N-ethyl adjacent to an activating group) is 1. The number of amides is 1. The number of nitrogens with zero attached hydrogens (tertiary/aromatic N) is 1. The van der Waals surface area contributed by atoms with E-state index in [9.17, 15) is 4.79 Å². The third-order valence-electron chi connectivity index (χ3n) is 4.09. The fraction of sp³-hybridized carbons (Fsp3) is 0.200. The third kappa shape index (κ3) is 4.19. The fourth-order valence-corrected chi connectivity index (χ4v) is 4.36. The van der Waals surface area contributed by atoms with Gasteiger partial charge < -0.3 is 4.74 Å². The molecule has 3 rings (SSSR count). The maximum atomic E-state index is 12.5. The maximum absolute atomic E-state index is 12.5. The average Bonchev–Trinajstić information content (AvgIpc) is 2.88. The minimum atomic E-state index is -0.0488. The highest BCUT2D eigenvalue weighted by molar-refractivity contribution is 9.10. The van der Waals surface area contributed by atoms with Gasteiger partial charge in [-0.15, -0.1) is 0 Å². The van der Waals surface area contributed by atoms with Crippen molar-refractivity contribution in [3.05, 3.63) is 68.5 Å². The summed E-state index contributed by atoms with van der Waals surface area (Å²) in [6.45, 7) is 5.04. The highest BCUT2D eigenvalue weighted by Crippen LogP contribution is 2.35. The average molecular weight is 448 g/mol. The van der Waals surface area contributed by atoms with Crippen molar-refractivity contribution in [3.8, 4) is 5.75 Å². The molecule has 1 saturated heterocycles. The first-order valence-electron chi connectivity index (χ1n) is 8.22. The summed E-state index contributed by atoms with van der Waals surface area (Å²) >= 11 is 10.1. The van der Waals surface area contributed by atoms with Gasteiger partial charge in [0, 0.05) is 16.6 Å². The molecule has 1 aliphatic heterocycles. The predicted molar refractivity (Wildman–Crippen MR) is 115 cm³/mol. The van der Waals surface area contributed by atoms with E-state index in [-0.39, 0.29) is 5.91 Å². The van der Waals surface area contributed by atoms with E-state index in [1.54, 1.807) is 4.90 Å². The summed E-state index contributed by atoms with van der Waals surface area (Å²) in [7, 11) is 0. The number of halogens is 1. The number of rotatable bonds is 5. The van der Waals surface area contributed by atoms with E-state index in [1.807, 2.05) is 43.3 Å². The summed E-state index contributed by atoms with van der Waals surface area (Å²) in [5, 5.41) is 0. The minimum Gasteiger partial charge on any atom is -0.488 e. The first-order chi connectivity index (χ1) is 12.5. The summed E-state index contributed by atoms with van der Waals surface area (Å²) in [5.41, 5.74) is 3.18. The van der Waals surface area contributed by atoms with Crippen LogP contribution < -0.4 is 4.74 Å². The van der Waals surface area contributed by atoms with Crippen LogP contribution in [0.3, 0.4) is 0 Å². The number of benzene rings is 2. The van der Waals surface area contributed by atoms with E-state index >= 15 is 0 Å². The van der Waals surface area contributed by atoms with Gasteiger partial charge in [-0.1, -0.05) is 64.2 Å². The molecule has 3 nitrogen and oxygen atoms in total. The first kappa shape index (κ1) is 19.1. The van der Waals surface area contributed by atoms with Crippen LogP contribution in [0.1, 0.15) is 23.6 Å². The van der Waals surface area contributed by atoms with E-state index in [2.05, 4.69) is 35.0 Å². The molecule has 0 bridgehead atoms. The van der Waals surface area contributed by atoms with Gasteiger partial charge in [0.15, 0.2) is 0 Å². The van der Waals surface area contributed by atoms with Gasteiger partial charge >= 0.3 is 0 Å². The van der Waals surface area contributed by atoms with Crippen molar-refractivity contribution in [1.82, 2.24) is 4.90 Å². The lowest BCUT2D eigenvalue weighted by Crippen LogP contribution is -2.27. The van der Waals surface area contributed by atoms with Gasteiger partial charge in [0.1, 0.15) is 16.7 Å². The van der Waals surface area contributed by atoms with Crippen molar-refractivity contribution in [2.24, 2.45) is 0 Å². The number of ether oxygens (including phenoxy) is 1. The van der Waals surface area contributed by atoms with Crippen molar-refractivity contribution < 1.29 is 9.53 Å². The molecule has 0 radical (unpaired) electrons. The van der Waals surface area contributed by atoms with E-state index in [4.69, 9.17) is 17.0 Å². The van der Waals surface area contributed by atoms with Crippen LogP contribution in [0.15, 0.2) is 51.8 Å². The number of carbonyl (C=O) groups excluding carboxylic acids is 1. The molecule has 134 valence electrons. The van der Waals surface area contributed by atoms with Crippen LogP contribution >= 0.6 is 39.9 Å². The van der Waals surface area contributed by atoms with Gasteiger partial charge in [-0.2, -0.15) is 0 Å². The summed E-state index contributed by atoms with van der Waals surface area (Å²) in [6.07, 6.45) is 1.85. The van der Waals surface area contributed by atoms with E-state index in [0.717, 1.165) is 21.3 Å². The second kappa shape index (κ2) is 8.37. The molecule has 0 unspecified atom stereocenters. The Balaban J connectivity index is 1.87. The molecule has 0 aliphatic carbocycles. The summed E-state index contributed by atoms with van der Waals surface area (Å²) < 4.78 is 7.58. The van der Waals surface area contributed by atoms with Crippen LogP contribution in [0, 0.1) is 6.92 Å². The Kier molecular flexibility index (Phi) is 6.16. The lowest BCUT2D eigenvalue weighted by atomic mass is 10.1. The number of thiocarbonyl (C=S) groups is 1. The lowest BCUT2D eigenvalue weighted by Gasteiger charge is -2.12. The van der Waals surface area contributed by atoms with Crippen molar-refractivity contribution in [1.29, 1.82) is 0 Å². The predicted octanol–water partition coefficient (Wildman–Crippen LogP) is 5.56. The standard InChI is InChI=1S/C20H18BrNO2S2/c1-3-22-19(23)18(26-20(22)25)11-15-10-16(21)8-9-17(15)24-12-14-7-5-4-6-13(14)2/h4-11H,3,12H2,1-2H3. The molecular weight excluding hydrogens is 430 g/mol. The van der Waals surface area contributed by atoms with Gasteiger partial charge in [0.25, 0.3) is 5.91 Å². The van der Waals surface area contributed by atoms with Crippen LogP contribution in [-0.2, 0) is 11.4 Å². The van der Waals surface area contributed by atoms with Crippen LogP contribution in [0.25, 0.3) is 6.08 Å². The Hall–Kier alpha value is -1.63. The highest BCUT2D eigenvalue weighted by atomic mass is 79.9. The number of hydrogen-bond donors (Lipinski definition) is 0. The minimum absolute atomic E-state index is 0.0488. The van der Waals surface area contributed by atoms with Gasteiger partial charge in [-0.05, 0) is 49.2 Å². The van der Waals surface area contributed by atoms with Crippen LogP contribution in [0.5, 0.6) is 5.75 Å². The van der Waals surface area contributed by atoms with Crippen LogP contribution in [0.4, 0.5) is 0 Å². The zero-order valence-electron chi connectivity index (χ0n) is 14.5. The lowest BCUT2D eigenvalue weighted by molar-refractivity contribution is -0.121. The van der Waals surface area contributed by atoms with Gasteiger partial charge in [-0.3, -0.25) is 9.69 Å². The monoisotopic (exact) mass is 447 g/mol. The topological polar surface area (TPSA) is 29.5 Å². The molecule has 26 heavy (non-hydrogen) atoms. The fourth-order valence-electron chi connectivity index (χ4n) is 2.60. The van der Waals surface area contributed by atoms with Crippen molar-refractivity contribution in [2.75, 3.05) is 6.54 Å². The number of thioether (sulfide) groups is 1. The van der Waals surface area contributed by atoms with Crippen molar-refractivity contribution in [3.63, 3.8) is 0 Å². The van der Waals surface area contributed by atoms with Crippen LogP contribution in [0.2, 0.25) is 0 Å². The Morgan fingerprint density at radius 1 is 1.27 bits per heavy atom. The number of hydrogen-bond acceptors (Lipinski definition) is 4. The molecule has 0 atom stereocenters. The smallest absolute Gasteiger partial charge is 0.266 e. The van der Waals surface area contributed by atoms with Crippen molar-refractivity contribution >= 4 is 56.2 Å². The first-order valence-corrected chi connectivity index (χ1v) is 10.2. The molecule has 6 heteroatoms. The molecule has 0 spiro atoms. The molecule has 1 amide bonds. The Labute approximate surface area is 171 Å². The Bertz CT molecular complexity index is 895. The van der Waals surface area contributed by atoms with Gasteiger partial charge in [0.2, 0.25) is 0 Å². The zero-order chi connectivity index (χ0) is 18.7. The molecule has 0 aromatic heterocycles. The molecule has 2 aromatic rings. The Morgan fingerprint density at radius 2 is 2.04 bits per heavy atom. The van der Waals surface area contributed by atoms with Gasteiger partial charge in [0.05, 0.1) is 4.91 Å². The molecule has 0 saturated carbocycles. The largest absolute Gasteiger partial charge is 0.488 e. The summed E-state index contributed by atoms with van der Waals surface area (Å²) in [5.74, 6) is 0.686. The Morgan fingerprint density at radius 3 is 2.73 bits per heavy atom. The maximum Gasteiger partial charge on any atom is 0.266 e. The summed E-state index contributed by atoms with van der Waals surface area (Å²) in [6, 6.07) is 13.9.